The van der Waals surface area contributed by atoms with Crippen molar-refractivity contribution in [1.82, 2.24) is 10.2 Å². The third-order valence-corrected chi connectivity index (χ3v) is 4.35. The molecule has 0 bridgehead atoms. The number of halogens is 1. The van der Waals surface area contributed by atoms with E-state index in [4.69, 9.17) is 28.6 Å². The Bertz CT molecular complexity index is 562. The van der Waals surface area contributed by atoms with Crippen LogP contribution >= 0.6 is 23.8 Å². The van der Waals surface area contributed by atoms with Crippen molar-refractivity contribution >= 4 is 40.6 Å². The van der Waals surface area contributed by atoms with Crippen molar-refractivity contribution in [2.45, 2.75) is 19.3 Å². The molecule has 126 valence electrons. The van der Waals surface area contributed by atoms with Crippen LogP contribution in [0.4, 0.5) is 5.69 Å². The number of ether oxygens (including phenoxy) is 1. The van der Waals surface area contributed by atoms with E-state index in [9.17, 15) is 4.79 Å². The summed E-state index contributed by atoms with van der Waals surface area (Å²) < 4.78 is 4.70. The lowest BCUT2D eigenvalue weighted by Gasteiger charge is -2.16. The molecule has 0 aromatic heterocycles. The molecule has 0 aliphatic carbocycles. The molecule has 0 unspecified atom stereocenters. The summed E-state index contributed by atoms with van der Waals surface area (Å²) in [5.74, 6) is -0.408. The third kappa shape index (κ3) is 5.64. The normalized spacial score (nSPS) is 14.5. The molecule has 0 spiro atoms. The molecule has 2 N–H and O–H groups in total. The summed E-state index contributed by atoms with van der Waals surface area (Å²) in [7, 11) is 1.34. The fraction of sp³-hybridized carbons (Fsp3) is 0.500. The second-order valence-corrected chi connectivity index (χ2v) is 6.28. The van der Waals surface area contributed by atoms with E-state index >= 15 is 0 Å². The smallest absolute Gasteiger partial charge is 0.337 e. The van der Waals surface area contributed by atoms with Crippen LogP contribution in [0.25, 0.3) is 0 Å². The zero-order valence-corrected chi connectivity index (χ0v) is 14.8. The van der Waals surface area contributed by atoms with Gasteiger partial charge in [-0.15, -0.1) is 0 Å². The summed E-state index contributed by atoms with van der Waals surface area (Å²) in [6.45, 7) is 4.31. The van der Waals surface area contributed by atoms with Gasteiger partial charge in [-0.05, 0) is 69.3 Å². The van der Waals surface area contributed by atoms with Crippen molar-refractivity contribution in [2.24, 2.45) is 0 Å². The fourth-order valence-electron chi connectivity index (χ4n) is 2.54. The summed E-state index contributed by atoms with van der Waals surface area (Å²) >= 11 is 11.4. The van der Waals surface area contributed by atoms with Crippen molar-refractivity contribution in [2.75, 3.05) is 38.6 Å². The number of carbonyl (C=O) groups is 1. The summed E-state index contributed by atoms with van der Waals surface area (Å²) in [4.78, 5) is 14.0. The zero-order chi connectivity index (χ0) is 16.7. The molecule has 1 fully saturated rings. The summed E-state index contributed by atoms with van der Waals surface area (Å²) in [6, 6.07) is 4.89. The monoisotopic (exact) mass is 355 g/mol. The second-order valence-electron chi connectivity index (χ2n) is 5.47. The van der Waals surface area contributed by atoms with E-state index in [1.165, 1.54) is 33.0 Å². The Morgan fingerprint density at radius 3 is 2.83 bits per heavy atom. The number of thiocarbonyl (C=S) groups is 1. The van der Waals surface area contributed by atoms with Crippen LogP contribution in [-0.4, -0.2) is 49.3 Å². The van der Waals surface area contributed by atoms with Gasteiger partial charge in [0.15, 0.2) is 5.11 Å². The molecule has 1 aliphatic rings. The molecule has 0 radical (unpaired) electrons. The van der Waals surface area contributed by atoms with Gasteiger partial charge in [-0.2, -0.15) is 0 Å². The standard InChI is InChI=1S/C16H22ClN3O2S/c1-22-15(21)12-5-6-13(17)14(11-12)19-16(23)18-7-4-10-20-8-2-3-9-20/h5-6,11H,2-4,7-10H2,1H3,(H2,18,19,23). The van der Waals surface area contributed by atoms with Gasteiger partial charge in [-0.3, -0.25) is 0 Å². The Morgan fingerprint density at radius 1 is 1.39 bits per heavy atom. The van der Waals surface area contributed by atoms with Crippen LogP contribution in [0.15, 0.2) is 18.2 Å². The maximum atomic E-state index is 11.6. The van der Waals surface area contributed by atoms with Gasteiger partial charge in [0.2, 0.25) is 0 Å². The first-order chi connectivity index (χ1) is 11.1. The molecule has 23 heavy (non-hydrogen) atoms. The first-order valence-corrected chi connectivity index (χ1v) is 8.54. The Kier molecular flexibility index (Phi) is 7.08. The number of esters is 1. The number of nitrogens with one attached hydrogen (secondary N) is 2. The Labute approximate surface area is 147 Å². The van der Waals surface area contributed by atoms with Gasteiger partial charge in [0.25, 0.3) is 0 Å². The Balaban J connectivity index is 1.78. The van der Waals surface area contributed by atoms with E-state index in [-0.39, 0.29) is 0 Å². The predicted molar refractivity (Wildman–Crippen MR) is 97.3 cm³/mol. The topological polar surface area (TPSA) is 53.6 Å². The van der Waals surface area contributed by atoms with Crippen molar-refractivity contribution in [3.63, 3.8) is 0 Å². The van der Waals surface area contributed by atoms with Crippen molar-refractivity contribution in [3.8, 4) is 0 Å². The van der Waals surface area contributed by atoms with Crippen LogP contribution in [0, 0.1) is 0 Å². The Morgan fingerprint density at radius 2 is 2.13 bits per heavy atom. The van der Waals surface area contributed by atoms with Gasteiger partial charge in [0.1, 0.15) is 0 Å². The molecular weight excluding hydrogens is 334 g/mol. The highest BCUT2D eigenvalue weighted by Crippen LogP contribution is 2.23. The van der Waals surface area contributed by atoms with Crippen LogP contribution in [0.5, 0.6) is 0 Å². The number of likely N-dealkylation sites (tertiary alicyclic amines) is 1. The molecule has 0 saturated carbocycles. The number of hydrogen-bond donors (Lipinski definition) is 2. The SMILES string of the molecule is COC(=O)c1ccc(Cl)c(NC(=S)NCCCN2CCCC2)c1. The minimum absolute atomic E-state index is 0.408. The average Bonchev–Trinajstić information content (AvgIpc) is 3.06. The maximum absolute atomic E-state index is 11.6. The van der Waals surface area contributed by atoms with Crippen molar-refractivity contribution < 1.29 is 9.53 Å². The second kappa shape index (κ2) is 9.05. The fourth-order valence-corrected chi connectivity index (χ4v) is 2.92. The highest BCUT2D eigenvalue weighted by molar-refractivity contribution is 7.80. The number of methoxy groups -OCH3 is 1. The molecule has 1 aliphatic heterocycles. The number of anilines is 1. The minimum Gasteiger partial charge on any atom is -0.465 e. The first kappa shape index (κ1) is 18.0. The molecule has 5 nitrogen and oxygen atoms in total. The van der Waals surface area contributed by atoms with E-state index in [0.717, 1.165) is 19.5 Å². The van der Waals surface area contributed by atoms with Gasteiger partial charge in [0, 0.05) is 6.54 Å². The largest absolute Gasteiger partial charge is 0.465 e. The van der Waals surface area contributed by atoms with E-state index in [0.29, 0.717) is 21.4 Å². The van der Waals surface area contributed by atoms with Crippen LogP contribution < -0.4 is 10.6 Å². The van der Waals surface area contributed by atoms with Gasteiger partial charge >= 0.3 is 5.97 Å². The van der Waals surface area contributed by atoms with Gasteiger partial charge < -0.3 is 20.3 Å². The zero-order valence-electron chi connectivity index (χ0n) is 13.2. The van der Waals surface area contributed by atoms with Crippen molar-refractivity contribution in [3.05, 3.63) is 28.8 Å². The number of hydrogen-bond acceptors (Lipinski definition) is 4. The van der Waals surface area contributed by atoms with Crippen LogP contribution in [0.3, 0.4) is 0 Å². The first-order valence-electron chi connectivity index (χ1n) is 7.75. The molecule has 0 amide bonds. The third-order valence-electron chi connectivity index (χ3n) is 3.77. The van der Waals surface area contributed by atoms with E-state index in [2.05, 4.69) is 15.5 Å². The number of rotatable bonds is 6. The summed E-state index contributed by atoms with van der Waals surface area (Å²) in [5, 5.41) is 7.18. The molecule has 0 atom stereocenters. The lowest BCUT2D eigenvalue weighted by molar-refractivity contribution is 0.0601. The number of benzene rings is 1. The average molecular weight is 356 g/mol. The lowest BCUT2D eigenvalue weighted by Crippen LogP contribution is -2.31. The van der Waals surface area contributed by atoms with Gasteiger partial charge in [0.05, 0.1) is 23.4 Å². The van der Waals surface area contributed by atoms with Crippen LogP contribution in [-0.2, 0) is 4.74 Å². The molecule has 2 rings (SSSR count). The molecule has 1 aromatic carbocycles. The maximum Gasteiger partial charge on any atom is 0.337 e. The quantitative estimate of drug-likeness (QED) is 0.465. The van der Waals surface area contributed by atoms with E-state index in [1.807, 2.05) is 0 Å². The molecule has 1 aromatic rings. The number of nitrogens with zero attached hydrogens (tertiary/aromatic N) is 1. The molecule has 7 heteroatoms. The predicted octanol–water partition coefficient (Wildman–Crippen LogP) is 2.90. The summed E-state index contributed by atoms with van der Waals surface area (Å²) in [5.41, 5.74) is 1.02. The minimum atomic E-state index is -0.408. The van der Waals surface area contributed by atoms with Crippen molar-refractivity contribution in [1.29, 1.82) is 0 Å². The molecular formula is C16H22ClN3O2S. The lowest BCUT2D eigenvalue weighted by atomic mass is 10.2. The molecule has 1 heterocycles. The van der Waals surface area contributed by atoms with Gasteiger partial charge in [-0.25, -0.2) is 4.79 Å². The van der Waals surface area contributed by atoms with Crippen LogP contribution in [0.2, 0.25) is 5.02 Å². The number of carbonyl (C=O) groups excluding carboxylic acids is 1. The van der Waals surface area contributed by atoms with Crippen LogP contribution in [0.1, 0.15) is 29.6 Å². The van der Waals surface area contributed by atoms with Gasteiger partial charge in [-0.1, -0.05) is 11.6 Å². The molecule has 1 saturated heterocycles. The Hall–Kier alpha value is -1.37. The highest BCUT2D eigenvalue weighted by Gasteiger charge is 2.11. The summed E-state index contributed by atoms with van der Waals surface area (Å²) in [6.07, 6.45) is 3.66. The highest BCUT2D eigenvalue weighted by atomic mass is 35.5. The van der Waals surface area contributed by atoms with E-state index in [1.54, 1.807) is 18.2 Å². The van der Waals surface area contributed by atoms with E-state index < -0.39 is 5.97 Å².